The predicted octanol–water partition coefficient (Wildman–Crippen LogP) is 2.98. The number of methoxy groups -OCH3 is 2. The summed E-state index contributed by atoms with van der Waals surface area (Å²) in [5.74, 6) is 0.986. The standard InChI is InChI=1S/C13H17Br2NO3/c1-13(7-14,8-15)16-12(17)9-4-5-10(18-2)11(6-9)19-3/h4-6H,7-8H2,1-3H3,(H,16,17). The van der Waals surface area contributed by atoms with Crippen LogP contribution >= 0.6 is 31.9 Å². The number of ether oxygens (including phenoxy) is 2. The SMILES string of the molecule is COc1ccc(C(=O)NC(C)(CBr)CBr)cc1OC. The van der Waals surface area contributed by atoms with Gasteiger partial charge in [0.05, 0.1) is 19.8 Å². The van der Waals surface area contributed by atoms with E-state index in [0.29, 0.717) is 27.7 Å². The first-order chi connectivity index (χ1) is 8.99. The number of alkyl halides is 2. The summed E-state index contributed by atoms with van der Waals surface area (Å²) < 4.78 is 10.3. The van der Waals surface area contributed by atoms with Crippen LogP contribution in [0, 0.1) is 0 Å². The smallest absolute Gasteiger partial charge is 0.251 e. The molecule has 0 aromatic heterocycles. The largest absolute Gasteiger partial charge is 0.493 e. The van der Waals surface area contributed by atoms with Gasteiger partial charge in [-0.3, -0.25) is 4.79 Å². The Balaban J connectivity index is 2.94. The third-order valence-corrected chi connectivity index (χ3v) is 5.13. The van der Waals surface area contributed by atoms with E-state index in [0.717, 1.165) is 0 Å². The fraction of sp³-hybridized carbons (Fsp3) is 0.462. The van der Waals surface area contributed by atoms with E-state index in [9.17, 15) is 4.79 Å². The molecule has 0 aliphatic rings. The molecule has 0 bridgehead atoms. The average Bonchev–Trinajstić information content (AvgIpc) is 2.46. The maximum atomic E-state index is 12.2. The number of halogens is 2. The quantitative estimate of drug-likeness (QED) is 0.754. The maximum absolute atomic E-state index is 12.2. The molecule has 0 heterocycles. The molecule has 19 heavy (non-hydrogen) atoms. The van der Waals surface area contributed by atoms with Crippen molar-refractivity contribution >= 4 is 37.8 Å². The lowest BCUT2D eigenvalue weighted by Crippen LogP contribution is -2.48. The van der Waals surface area contributed by atoms with Crippen LogP contribution in [-0.4, -0.2) is 36.3 Å². The number of hydrogen-bond donors (Lipinski definition) is 1. The zero-order valence-corrected chi connectivity index (χ0v) is 14.3. The molecule has 1 aromatic carbocycles. The molecular formula is C13H17Br2NO3. The second kappa shape index (κ2) is 7.14. The molecule has 0 radical (unpaired) electrons. The first kappa shape index (κ1) is 16.3. The predicted molar refractivity (Wildman–Crippen MR) is 83.0 cm³/mol. The Morgan fingerprint density at radius 1 is 1.21 bits per heavy atom. The third-order valence-electron chi connectivity index (χ3n) is 2.65. The van der Waals surface area contributed by atoms with Gasteiger partial charge in [-0.15, -0.1) is 0 Å². The lowest BCUT2D eigenvalue weighted by Gasteiger charge is -2.26. The van der Waals surface area contributed by atoms with Gasteiger partial charge in [0.15, 0.2) is 11.5 Å². The highest BCUT2D eigenvalue weighted by molar-refractivity contribution is 9.09. The van der Waals surface area contributed by atoms with Crippen molar-refractivity contribution in [3.63, 3.8) is 0 Å². The zero-order chi connectivity index (χ0) is 14.5. The molecule has 1 amide bonds. The van der Waals surface area contributed by atoms with Crippen molar-refractivity contribution in [1.82, 2.24) is 5.32 Å². The molecule has 1 aromatic rings. The van der Waals surface area contributed by atoms with Crippen molar-refractivity contribution < 1.29 is 14.3 Å². The van der Waals surface area contributed by atoms with Gasteiger partial charge in [0.1, 0.15) is 0 Å². The van der Waals surface area contributed by atoms with Crippen molar-refractivity contribution in [1.29, 1.82) is 0 Å². The first-order valence-corrected chi connectivity index (χ1v) is 7.90. The average molecular weight is 395 g/mol. The number of rotatable bonds is 6. The number of nitrogens with one attached hydrogen (secondary N) is 1. The van der Waals surface area contributed by atoms with Gasteiger partial charge in [0.2, 0.25) is 0 Å². The van der Waals surface area contributed by atoms with E-state index in [1.165, 1.54) is 0 Å². The highest BCUT2D eigenvalue weighted by Crippen LogP contribution is 2.27. The van der Waals surface area contributed by atoms with E-state index in [2.05, 4.69) is 37.2 Å². The summed E-state index contributed by atoms with van der Waals surface area (Å²) in [7, 11) is 3.10. The van der Waals surface area contributed by atoms with Crippen molar-refractivity contribution in [2.45, 2.75) is 12.5 Å². The van der Waals surface area contributed by atoms with E-state index in [1.807, 2.05) is 6.92 Å². The van der Waals surface area contributed by atoms with Gasteiger partial charge in [-0.2, -0.15) is 0 Å². The molecule has 1 rings (SSSR count). The molecule has 0 saturated carbocycles. The Morgan fingerprint density at radius 2 is 1.79 bits per heavy atom. The summed E-state index contributed by atoms with van der Waals surface area (Å²) in [6.07, 6.45) is 0. The molecule has 0 atom stereocenters. The van der Waals surface area contributed by atoms with Crippen molar-refractivity contribution in [2.75, 3.05) is 24.9 Å². The maximum Gasteiger partial charge on any atom is 0.251 e. The summed E-state index contributed by atoms with van der Waals surface area (Å²) in [4.78, 5) is 12.2. The topological polar surface area (TPSA) is 47.6 Å². The molecule has 1 N–H and O–H groups in total. The second-order valence-electron chi connectivity index (χ2n) is 4.35. The molecule has 0 fully saturated rings. The highest BCUT2D eigenvalue weighted by Gasteiger charge is 2.24. The molecule has 0 saturated heterocycles. The van der Waals surface area contributed by atoms with Gasteiger partial charge >= 0.3 is 0 Å². The zero-order valence-electron chi connectivity index (χ0n) is 11.1. The van der Waals surface area contributed by atoms with E-state index < -0.39 is 0 Å². The third kappa shape index (κ3) is 4.11. The molecular weight excluding hydrogens is 378 g/mol. The van der Waals surface area contributed by atoms with E-state index in [4.69, 9.17) is 9.47 Å². The number of carbonyl (C=O) groups is 1. The van der Waals surface area contributed by atoms with Crippen LogP contribution in [0.4, 0.5) is 0 Å². The van der Waals surface area contributed by atoms with Crippen molar-refractivity contribution in [2.24, 2.45) is 0 Å². The molecule has 106 valence electrons. The van der Waals surface area contributed by atoms with Gasteiger partial charge in [-0.25, -0.2) is 0 Å². The van der Waals surface area contributed by atoms with E-state index in [-0.39, 0.29) is 11.4 Å². The van der Waals surface area contributed by atoms with Gasteiger partial charge in [-0.05, 0) is 25.1 Å². The van der Waals surface area contributed by atoms with Crippen LogP contribution in [0.15, 0.2) is 18.2 Å². The Morgan fingerprint density at radius 3 is 2.26 bits per heavy atom. The van der Waals surface area contributed by atoms with Crippen LogP contribution in [0.5, 0.6) is 11.5 Å². The van der Waals surface area contributed by atoms with Crippen LogP contribution in [0.1, 0.15) is 17.3 Å². The van der Waals surface area contributed by atoms with Crippen LogP contribution in [-0.2, 0) is 0 Å². The summed E-state index contributed by atoms with van der Waals surface area (Å²) in [5, 5.41) is 4.28. The number of benzene rings is 1. The minimum Gasteiger partial charge on any atom is -0.493 e. The minimum absolute atomic E-state index is 0.151. The van der Waals surface area contributed by atoms with Gasteiger partial charge < -0.3 is 14.8 Å². The fourth-order valence-corrected chi connectivity index (χ4v) is 2.64. The minimum atomic E-state index is -0.343. The summed E-state index contributed by atoms with van der Waals surface area (Å²) in [6.45, 7) is 1.95. The first-order valence-electron chi connectivity index (χ1n) is 5.66. The van der Waals surface area contributed by atoms with Crippen molar-refractivity contribution in [3.05, 3.63) is 23.8 Å². The Hall–Kier alpha value is -0.750. The Bertz CT molecular complexity index is 448. The summed E-state index contributed by atoms with van der Waals surface area (Å²) in [6, 6.07) is 5.09. The lowest BCUT2D eigenvalue weighted by molar-refractivity contribution is 0.0922. The second-order valence-corrected chi connectivity index (χ2v) is 5.47. The van der Waals surface area contributed by atoms with Crippen LogP contribution in [0.2, 0.25) is 0 Å². The van der Waals surface area contributed by atoms with Crippen LogP contribution < -0.4 is 14.8 Å². The molecule has 0 spiro atoms. The van der Waals surface area contributed by atoms with Gasteiger partial charge in [-0.1, -0.05) is 31.9 Å². The normalized spacial score (nSPS) is 11.0. The van der Waals surface area contributed by atoms with Crippen LogP contribution in [0.25, 0.3) is 0 Å². The fourth-order valence-electron chi connectivity index (χ4n) is 1.43. The van der Waals surface area contributed by atoms with Crippen LogP contribution in [0.3, 0.4) is 0 Å². The number of carbonyl (C=O) groups excluding carboxylic acids is 1. The summed E-state index contributed by atoms with van der Waals surface area (Å²) >= 11 is 6.79. The lowest BCUT2D eigenvalue weighted by atomic mass is 10.1. The summed E-state index contributed by atoms with van der Waals surface area (Å²) in [5.41, 5.74) is 0.190. The monoisotopic (exact) mass is 393 g/mol. The van der Waals surface area contributed by atoms with E-state index >= 15 is 0 Å². The van der Waals surface area contributed by atoms with Crippen molar-refractivity contribution in [3.8, 4) is 11.5 Å². The molecule has 0 aliphatic heterocycles. The Labute approximate surface area is 130 Å². The number of hydrogen-bond acceptors (Lipinski definition) is 3. The molecule has 0 aliphatic carbocycles. The molecule has 0 unspecified atom stereocenters. The molecule has 6 heteroatoms. The Kier molecular flexibility index (Phi) is 6.13. The van der Waals surface area contributed by atoms with E-state index in [1.54, 1.807) is 32.4 Å². The number of amides is 1. The molecule has 4 nitrogen and oxygen atoms in total. The highest BCUT2D eigenvalue weighted by atomic mass is 79.9. The van der Waals surface area contributed by atoms with Gasteiger partial charge in [0.25, 0.3) is 5.91 Å². The van der Waals surface area contributed by atoms with Gasteiger partial charge in [0, 0.05) is 16.2 Å².